The average molecular weight is 488 g/mol. The van der Waals surface area contributed by atoms with Crippen LogP contribution in [0, 0.1) is 11.8 Å². The zero-order valence-corrected chi connectivity index (χ0v) is 22.3. The lowest BCUT2D eigenvalue weighted by Gasteiger charge is -2.20. The molecule has 2 unspecified atom stereocenters. The summed E-state index contributed by atoms with van der Waals surface area (Å²) in [5.41, 5.74) is 0. The van der Waals surface area contributed by atoms with Crippen LogP contribution in [-0.4, -0.2) is 53.9 Å². The molecule has 8 heteroatoms. The van der Waals surface area contributed by atoms with Gasteiger partial charge in [-0.1, -0.05) is 54.4 Å². The van der Waals surface area contributed by atoms with E-state index in [1.54, 1.807) is 13.8 Å². The van der Waals surface area contributed by atoms with Gasteiger partial charge in [-0.05, 0) is 24.7 Å². The molecule has 0 aliphatic heterocycles. The van der Waals surface area contributed by atoms with Crippen LogP contribution in [0.25, 0.3) is 0 Å². The maximum Gasteiger partial charge on any atom is 0.305 e. The molecule has 0 aromatic rings. The number of ether oxygens (including phenoxy) is 2. The van der Waals surface area contributed by atoms with Crippen molar-refractivity contribution in [3.8, 4) is 0 Å². The highest BCUT2D eigenvalue weighted by atomic mass is 32.2. The molecule has 33 heavy (non-hydrogen) atoms. The lowest BCUT2D eigenvalue weighted by Crippen LogP contribution is -2.42. The Bertz CT molecular complexity index is 593. The van der Waals surface area contributed by atoms with Crippen molar-refractivity contribution in [3.05, 3.63) is 0 Å². The van der Waals surface area contributed by atoms with E-state index in [0.29, 0.717) is 42.6 Å². The molecule has 0 saturated heterocycles. The number of carbonyl (C=O) groups excluding carboxylic acids is 4. The summed E-state index contributed by atoms with van der Waals surface area (Å²) in [5, 5.41) is 2.85. The Labute approximate surface area is 204 Å². The highest BCUT2D eigenvalue weighted by Gasteiger charge is 2.22. The van der Waals surface area contributed by atoms with Gasteiger partial charge < -0.3 is 14.8 Å². The molecule has 0 aromatic heterocycles. The normalized spacial score (nSPS) is 13.0. The van der Waals surface area contributed by atoms with Gasteiger partial charge in [0.05, 0.1) is 6.04 Å². The van der Waals surface area contributed by atoms with Gasteiger partial charge in [0, 0.05) is 37.2 Å². The first-order valence-electron chi connectivity index (χ1n) is 12.3. The maximum absolute atomic E-state index is 12.3. The Balaban J connectivity index is 4.67. The topological polar surface area (TPSA) is 98.8 Å². The van der Waals surface area contributed by atoms with Gasteiger partial charge >= 0.3 is 11.9 Å². The molecular weight excluding hydrogens is 442 g/mol. The minimum atomic E-state index is -0.587. The van der Waals surface area contributed by atoms with Crippen molar-refractivity contribution in [3.63, 3.8) is 0 Å². The van der Waals surface area contributed by atoms with Gasteiger partial charge in [0.15, 0.2) is 5.78 Å². The molecule has 0 spiro atoms. The van der Waals surface area contributed by atoms with Crippen molar-refractivity contribution >= 4 is 35.4 Å². The third-order valence-electron chi connectivity index (χ3n) is 5.03. The minimum Gasteiger partial charge on any atom is -0.462 e. The van der Waals surface area contributed by atoms with Crippen LogP contribution in [0.3, 0.4) is 0 Å². The number of hydrogen-bond donors (Lipinski definition) is 1. The average Bonchev–Trinajstić information content (AvgIpc) is 2.75. The summed E-state index contributed by atoms with van der Waals surface area (Å²) in [7, 11) is 0. The van der Waals surface area contributed by atoms with Crippen LogP contribution in [-0.2, 0) is 28.7 Å². The third kappa shape index (κ3) is 17.6. The van der Waals surface area contributed by atoms with E-state index in [0.717, 1.165) is 25.7 Å². The molecule has 0 bridgehead atoms. The van der Waals surface area contributed by atoms with Crippen LogP contribution < -0.4 is 5.32 Å². The van der Waals surface area contributed by atoms with E-state index in [9.17, 15) is 19.2 Å². The van der Waals surface area contributed by atoms with Gasteiger partial charge in [-0.3, -0.25) is 19.2 Å². The molecule has 0 fully saturated rings. The van der Waals surface area contributed by atoms with E-state index in [-0.39, 0.29) is 36.7 Å². The van der Waals surface area contributed by atoms with Crippen molar-refractivity contribution in [2.45, 2.75) is 105 Å². The largest absolute Gasteiger partial charge is 0.462 e. The van der Waals surface area contributed by atoms with Gasteiger partial charge in [0.1, 0.15) is 12.7 Å². The van der Waals surface area contributed by atoms with Crippen LogP contribution in [0.1, 0.15) is 92.9 Å². The van der Waals surface area contributed by atoms with Crippen LogP contribution in [0.5, 0.6) is 0 Å². The number of nitrogens with one attached hydrogen (secondary N) is 1. The van der Waals surface area contributed by atoms with Crippen LogP contribution in [0.2, 0.25) is 0 Å². The number of esters is 2. The summed E-state index contributed by atoms with van der Waals surface area (Å²) in [5.74, 6) is 1.01. The number of hydrogen-bond acceptors (Lipinski definition) is 7. The number of carbonyl (C=O) groups is 4. The Morgan fingerprint density at radius 2 is 1.42 bits per heavy atom. The van der Waals surface area contributed by atoms with E-state index < -0.39 is 12.1 Å². The Kier molecular flexibility index (Phi) is 17.9. The second-order valence-corrected chi connectivity index (χ2v) is 10.3. The molecular formula is C25H45NO6S. The standard InChI is InChI=1S/C25H45NO6S/c1-7-22(27)21(26-23(28)13-9-11-18(3)4)17-33-16-20(32-24(29)8-2)15-31-25(30)14-10-12-19(5)6/h18-21H,7-17H2,1-6H3,(H,26,28). The highest BCUT2D eigenvalue weighted by Crippen LogP contribution is 2.13. The van der Waals surface area contributed by atoms with E-state index >= 15 is 0 Å². The summed E-state index contributed by atoms with van der Waals surface area (Å²) in [6.45, 7) is 11.9. The summed E-state index contributed by atoms with van der Waals surface area (Å²) in [4.78, 5) is 48.3. The molecule has 7 nitrogen and oxygen atoms in total. The third-order valence-corrected chi connectivity index (χ3v) is 6.20. The zero-order chi connectivity index (χ0) is 25.2. The highest BCUT2D eigenvalue weighted by molar-refractivity contribution is 7.99. The van der Waals surface area contributed by atoms with Gasteiger partial charge in [-0.2, -0.15) is 11.8 Å². The molecule has 0 aliphatic carbocycles. The van der Waals surface area contributed by atoms with Gasteiger partial charge in [-0.25, -0.2) is 0 Å². The molecule has 0 radical (unpaired) electrons. The molecule has 1 amide bonds. The van der Waals surface area contributed by atoms with Gasteiger partial charge in [0.25, 0.3) is 0 Å². The van der Waals surface area contributed by atoms with Crippen LogP contribution in [0.4, 0.5) is 0 Å². The van der Waals surface area contributed by atoms with Crippen LogP contribution >= 0.6 is 11.8 Å². The van der Waals surface area contributed by atoms with Crippen molar-refractivity contribution in [2.75, 3.05) is 18.1 Å². The van der Waals surface area contributed by atoms with Crippen molar-refractivity contribution in [1.82, 2.24) is 5.32 Å². The fraction of sp³-hybridized carbons (Fsp3) is 0.840. The van der Waals surface area contributed by atoms with Gasteiger partial charge in [0.2, 0.25) is 5.91 Å². The number of amides is 1. The molecule has 0 saturated carbocycles. The zero-order valence-electron chi connectivity index (χ0n) is 21.4. The summed E-state index contributed by atoms with van der Waals surface area (Å²) < 4.78 is 10.7. The Morgan fingerprint density at radius 3 is 1.97 bits per heavy atom. The van der Waals surface area contributed by atoms with Crippen molar-refractivity contribution in [1.29, 1.82) is 0 Å². The van der Waals surface area contributed by atoms with E-state index in [1.165, 1.54) is 11.8 Å². The van der Waals surface area contributed by atoms with Crippen LogP contribution in [0.15, 0.2) is 0 Å². The summed E-state index contributed by atoms with van der Waals surface area (Å²) in [6, 6.07) is -0.576. The maximum atomic E-state index is 12.3. The van der Waals surface area contributed by atoms with Gasteiger partial charge in [-0.15, -0.1) is 0 Å². The molecule has 2 atom stereocenters. The number of thioether (sulfide) groups is 1. The predicted octanol–water partition coefficient (Wildman–Crippen LogP) is 4.70. The lowest BCUT2D eigenvalue weighted by atomic mass is 10.1. The van der Waals surface area contributed by atoms with E-state index in [1.807, 2.05) is 0 Å². The van der Waals surface area contributed by atoms with E-state index in [2.05, 4.69) is 33.0 Å². The molecule has 0 rings (SSSR count). The quantitative estimate of drug-likeness (QED) is 0.264. The van der Waals surface area contributed by atoms with Crippen molar-refractivity contribution < 1.29 is 28.7 Å². The Morgan fingerprint density at radius 1 is 0.818 bits per heavy atom. The lowest BCUT2D eigenvalue weighted by molar-refractivity contribution is -0.157. The first kappa shape index (κ1) is 31.4. The minimum absolute atomic E-state index is 0.00674. The monoisotopic (exact) mass is 487 g/mol. The fourth-order valence-corrected chi connectivity index (χ4v) is 4.08. The smallest absolute Gasteiger partial charge is 0.305 e. The first-order chi connectivity index (χ1) is 15.6. The number of Topliss-reactive ketones (excluding diaryl/α,β-unsaturated/α-hetero) is 1. The molecule has 1 N–H and O–H groups in total. The Hall–Kier alpha value is -1.57. The molecule has 0 aliphatic rings. The number of ketones is 1. The summed E-state index contributed by atoms with van der Waals surface area (Å²) in [6.07, 6.45) is 4.20. The predicted molar refractivity (Wildman–Crippen MR) is 133 cm³/mol. The summed E-state index contributed by atoms with van der Waals surface area (Å²) >= 11 is 1.41. The van der Waals surface area contributed by atoms with E-state index in [4.69, 9.17) is 9.47 Å². The molecule has 0 heterocycles. The second-order valence-electron chi connectivity index (χ2n) is 9.20. The SMILES string of the molecule is CCC(=O)OC(COC(=O)CCCC(C)C)CSCC(NC(=O)CCCC(C)C)C(=O)CC. The number of rotatable bonds is 19. The molecule has 192 valence electrons. The van der Waals surface area contributed by atoms with Crippen molar-refractivity contribution in [2.24, 2.45) is 11.8 Å². The molecule has 0 aromatic carbocycles. The second kappa shape index (κ2) is 18.8. The first-order valence-corrected chi connectivity index (χ1v) is 13.5. The fourth-order valence-electron chi connectivity index (χ4n) is 3.01.